The van der Waals surface area contributed by atoms with Gasteiger partial charge < -0.3 is 4.74 Å². The fourth-order valence-electron chi connectivity index (χ4n) is 3.00. The molecule has 0 aliphatic rings. The zero-order valence-electron chi connectivity index (χ0n) is 14.9. The summed E-state index contributed by atoms with van der Waals surface area (Å²) in [6, 6.07) is 15.6. The van der Waals surface area contributed by atoms with Crippen molar-refractivity contribution in [1.29, 1.82) is 0 Å². The number of para-hydroxylation sites is 1. The molecule has 29 heavy (non-hydrogen) atoms. The quantitative estimate of drug-likeness (QED) is 0.336. The molecule has 0 N–H and O–H groups in total. The van der Waals surface area contributed by atoms with Crippen LogP contribution < -0.4 is 4.74 Å². The predicted molar refractivity (Wildman–Crippen MR) is 103 cm³/mol. The Morgan fingerprint density at radius 3 is 2.59 bits per heavy atom. The summed E-state index contributed by atoms with van der Waals surface area (Å²) in [5.41, 5.74) is 2.21. The van der Waals surface area contributed by atoms with Crippen molar-refractivity contribution in [2.75, 3.05) is 0 Å². The van der Waals surface area contributed by atoms with Crippen molar-refractivity contribution in [3.8, 4) is 11.4 Å². The summed E-state index contributed by atoms with van der Waals surface area (Å²) in [6.07, 6.45) is 3.29. The molecule has 0 amide bonds. The molecule has 2 aromatic carbocycles. The Balaban J connectivity index is 1.43. The molecule has 5 rings (SSSR count). The highest BCUT2D eigenvalue weighted by atomic mass is 16.6. The maximum absolute atomic E-state index is 10.7. The van der Waals surface area contributed by atoms with E-state index in [0.717, 1.165) is 11.1 Å². The Labute approximate surface area is 163 Å². The lowest BCUT2D eigenvalue weighted by Gasteiger charge is -2.02. The Hall–Kier alpha value is -4.34. The second-order valence-electron chi connectivity index (χ2n) is 6.21. The number of nitro benzene ring substituents is 1. The number of non-ortho nitro benzene ring substituents is 1. The summed E-state index contributed by atoms with van der Waals surface area (Å²) < 4.78 is 8.97. The molecule has 10 nitrogen and oxygen atoms in total. The molecule has 0 saturated heterocycles. The Morgan fingerprint density at radius 2 is 1.83 bits per heavy atom. The first kappa shape index (κ1) is 16.8. The van der Waals surface area contributed by atoms with Gasteiger partial charge in [-0.05, 0) is 24.3 Å². The number of aromatic nitrogens is 6. The highest BCUT2D eigenvalue weighted by Gasteiger charge is 2.14. The smallest absolute Gasteiger partial charge is 0.269 e. The molecule has 10 heteroatoms. The maximum Gasteiger partial charge on any atom is 0.269 e. The molecular weight excluding hydrogens is 374 g/mol. The van der Waals surface area contributed by atoms with Gasteiger partial charge in [-0.15, -0.1) is 5.10 Å². The van der Waals surface area contributed by atoms with E-state index in [1.54, 1.807) is 21.7 Å². The number of nitrogens with zero attached hydrogens (tertiary/aromatic N) is 7. The molecule has 0 unspecified atom stereocenters. The van der Waals surface area contributed by atoms with Gasteiger partial charge in [0, 0.05) is 12.1 Å². The topological polar surface area (TPSA) is 113 Å². The number of benzene rings is 2. The molecule has 5 aromatic rings. The highest BCUT2D eigenvalue weighted by Crippen LogP contribution is 2.21. The molecule has 0 atom stereocenters. The normalized spacial score (nSPS) is 11.2. The predicted octanol–water partition coefficient (Wildman–Crippen LogP) is 2.95. The molecule has 0 aliphatic heterocycles. The van der Waals surface area contributed by atoms with Gasteiger partial charge in [0.2, 0.25) is 0 Å². The van der Waals surface area contributed by atoms with Crippen molar-refractivity contribution in [2.24, 2.45) is 0 Å². The molecule has 0 bridgehead atoms. The minimum absolute atomic E-state index is 0.00657. The maximum atomic E-state index is 10.7. The number of nitro groups is 1. The average molecular weight is 387 g/mol. The first-order chi connectivity index (χ1) is 14.2. The molecular formula is C19H13N7O3. The van der Waals surface area contributed by atoms with Crippen molar-refractivity contribution in [2.45, 2.75) is 6.61 Å². The minimum Gasteiger partial charge on any atom is -0.486 e. The largest absolute Gasteiger partial charge is 0.486 e. The van der Waals surface area contributed by atoms with E-state index in [1.807, 2.05) is 30.3 Å². The minimum atomic E-state index is -0.457. The first-order valence-electron chi connectivity index (χ1n) is 8.70. The van der Waals surface area contributed by atoms with E-state index in [9.17, 15) is 10.1 Å². The number of fused-ring (bicyclic) bond motifs is 3. The molecule has 3 aromatic heterocycles. The Morgan fingerprint density at radius 1 is 1.03 bits per heavy atom. The first-order valence-corrected chi connectivity index (χ1v) is 8.70. The van der Waals surface area contributed by atoms with Gasteiger partial charge in [-0.3, -0.25) is 10.1 Å². The SMILES string of the molecule is O=[N+]([O-])c1ccc(OCc2nc3c4cnn(-c5ccccc5)c4ncn3n2)cc1. The summed E-state index contributed by atoms with van der Waals surface area (Å²) in [5, 5.41) is 20.3. The van der Waals surface area contributed by atoms with Crippen molar-refractivity contribution >= 4 is 22.4 Å². The summed E-state index contributed by atoms with van der Waals surface area (Å²) >= 11 is 0. The van der Waals surface area contributed by atoms with Crippen molar-refractivity contribution < 1.29 is 9.66 Å². The Bertz CT molecular complexity index is 1330. The van der Waals surface area contributed by atoms with Gasteiger partial charge in [0.1, 0.15) is 18.7 Å². The van der Waals surface area contributed by atoms with Gasteiger partial charge in [-0.25, -0.2) is 19.2 Å². The molecule has 142 valence electrons. The van der Waals surface area contributed by atoms with Crippen LogP contribution in [0.5, 0.6) is 5.75 Å². The van der Waals surface area contributed by atoms with Gasteiger partial charge >= 0.3 is 0 Å². The van der Waals surface area contributed by atoms with Gasteiger partial charge in [-0.2, -0.15) is 5.10 Å². The van der Waals surface area contributed by atoms with Crippen LogP contribution >= 0.6 is 0 Å². The zero-order valence-corrected chi connectivity index (χ0v) is 14.9. The lowest BCUT2D eigenvalue weighted by molar-refractivity contribution is -0.384. The number of ether oxygens (including phenoxy) is 1. The van der Waals surface area contributed by atoms with Crippen LogP contribution in [0.4, 0.5) is 5.69 Å². The molecule has 0 fully saturated rings. The van der Waals surface area contributed by atoms with E-state index in [2.05, 4.69) is 20.2 Å². The van der Waals surface area contributed by atoms with Crippen molar-refractivity contribution in [1.82, 2.24) is 29.4 Å². The summed E-state index contributed by atoms with van der Waals surface area (Å²) in [5.74, 6) is 0.958. The van der Waals surface area contributed by atoms with Gasteiger partial charge in [0.25, 0.3) is 5.69 Å². The van der Waals surface area contributed by atoms with E-state index in [0.29, 0.717) is 22.9 Å². The van der Waals surface area contributed by atoms with Crippen molar-refractivity contribution in [3.05, 3.63) is 83.1 Å². The van der Waals surface area contributed by atoms with E-state index < -0.39 is 4.92 Å². The summed E-state index contributed by atoms with van der Waals surface area (Å²) in [6.45, 7) is 0.119. The number of hydrogen-bond donors (Lipinski definition) is 0. The molecule has 0 aliphatic carbocycles. The van der Waals surface area contributed by atoms with Gasteiger partial charge in [0.15, 0.2) is 17.1 Å². The third-order valence-electron chi connectivity index (χ3n) is 4.37. The Kier molecular flexibility index (Phi) is 3.87. The third-order valence-corrected chi connectivity index (χ3v) is 4.37. The fraction of sp³-hybridized carbons (Fsp3) is 0.0526. The molecule has 3 heterocycles. The lowest BCUT2D eigenvalue weighted by atomic mass is 10.3. The number of hydrogen-bond acceptors (Lipinski definition) is 7. The van der Waals surface area contributed by atoms with Crippen LogP contribution in [-0.4, -0.2) is 34.3 Å². The summed E-state index contributed by atoms with van der Waals surface area (Å²) in [4.78, 5) is 19.3. The molecule has 0 saturated carbocycles. The highest BCUT2D eigenvalue weighted by molar-refractivity contribution is 5.89. The number of rotatable bonds is 5. The third kappa shape index (κ3) is 3.02. The van der Waals surface area contributed by atoms with Crippen LogP contribution in [0.25, 0.3) is 22.4 Å². The van der Waals surface area contributed by atoms with E-state index in [4.69, 9.17) is 4.74 Å². The van der Waals surface area contributed by atoms with Crippen LogP contribution in [0.3, 0.4) is 0 Å². The molecule has 0 spiro atoms. The van der Waals surface area contributed by atoms with Crippen LogP contribution in [0.15, 0.2) is 67.1 Å². The monoisotopic (exact) mass is 387 g/mol. The van der Waals surface area contributed by atoms with Crippen LogP contribution in [0.2, 0.25) is 0 Å². The van der Waals surface area contributed by atoms with E-state index in [1.165, 1.54) is 24.3 Å². The molecule has 0 radical (unpaired) electrons. The standard InChI is InChI=1S/C19H13N7O3/c27-26(28)14-6-8-15(9-7-14)29-11-17-22-19-16-10-21-25(13-4-2-1-3-5-13)18(16)20-12-24(19)23-17/h1-10,12H,11H2. The zero-order chi connectivity index (χ0) is 19.8. The van der Waals surface area contributed by atoms with Crippen LogP contribution in [-0.2, 0) is 6.61 Å². The van der Waals surface area contributed by atoms with Crippen LogP contribution in [0, 0.1) is 10.1 Å². The van der Waals surface area contributed by atoms with Gasteiger partial charge in [-0.1, -0.05) is 18.2 Å². The van der Waals surface area contributed by atoms with E-state index in [-0.39, 0.29) is 12.3 Å². The van der Waals surface area contributed by atoms with E-state index >= 15 is 0 Å². The van der Waals surface area contributed by atoms with Gasteiger partial charge in [0.05, 0.1) is 22.2 Å². The second kappa shape index (κ2) is 6.68. The average Bonchev–Trinajstić information content (AvgIpc) is 3.36. The van der Waals surface area contributed by atoms with Crippen molar-refractivity contribution in [3.63, 3.8) is 0 Å². The fourth-order valence-corrected chi connectivity index (χ4v) is 3.00. The second-order valence-corrected chi connectivity index (χ2v) is 6.21. The van der Waals surface area contributed by atoms with Crippen LogP contribution in [0.1, 0.15) is 5.82 Å². The lowest BCUT2D eigenvalue weighted by Crippen LogP contribution is -1.99. The summed E-state index contributed by atoms with van der Waals surface area (Å²) in [7, 11) is 0.